The standard InChI is InChI=1S/C20H20BrCl2N3O3/c1-3-12(2)25-19(27)20(28)26-24-10-14-8-15(21)5-7-18(14)29-11-13-4-6-16(22)9-17(13)23/h4-10,12H,3,11H2,1-2H3,(H,25,27)(H,26,28)/b24-10-/t12-/m0/s1. The number of carbonyl (C=O) groups excluding carboxylic acids is 2. The Morgan fingerprint density at radius 2 is 1.97 bits per heavy atom. The van der Waals surface area contributed by atoms with Gasteiger partial charge >= 0.3 is 11.8 Å². The van der Waals surface area contributed by atoms with E-state index in [9.17, 15) is 9.59 Å². The van der Waals surface area contributed by atoms with Crippen molar-refractivity contribution in [3.05, 3.63) is 62.0 Å². The van der Waals surface area contributed by atoms with E-state index in [0.29, 0.717) is 21.4 Å². The molecule has 0 spiro atoms. The number of halogens is 3. The smallest absolute Gasteiger partial charge is 0.329 e. The minimum absolute atomic E-state index is 0.0954. The molecule has 0 unspecified atom stereocenters. The predicted octanol–water partition coefficient (Wildman–Crippen LogP) is 4.70. The van der Waals surface area contributed by atoms with Crippen LogP contribution in [-0.2, 0) is 16.2 Å². The summed E-state index contributed by atoms with van der Waals surface area (Å²) in [5.41, 5.74) is 3.59. The molecule has 0 fully saturated rings. The van der Waals surface area contributed by atoms with Crippen LogP contribution in [0.3, 0.4) is 0 Å². The van der Waals surface area contributed by atoms with Crippen LogP contribution in [0, 0.1) is 0 Å². The summed E-state index contributed by atoms with van der Waals surface area (Å²) < 4.78 is 6.64. The molecule has 0 aliphatic rings. The van der Waals surface area contributed by atoms with Gasteiger partial charge in [0.15, 0.2) is 0 Å². The molecular formula is C20H20BrCl2N3O3. The molecule has 2 N–H and O–H groups in total. The number of carbonyl (C=O) groups is 2. The Bertz CT molecular complexity index is 922. The van der Waals surface area contributed by atoms with Crippen molar-refractivity contribution in [1.82, 2.24) is 10.7 Å². The molecule has 1 atom stereocenters. The van der Waals surface area contributed by atoms with Crippen LogP contribution in [0.4, 0.5) is 0 Å². The Hall–Kier alpha value is -2.09. The fourth-order valence-corrected chi connectivity index (χ4v) is 2.99. The third-order valence-electron chi connectivity index (χ3n) is 3.94. The van der Waals surface area contributed by atoms with Crippen molar-refractivity contribution in [2.45, 2.75) is 32.9 Å². The van der Waals surface area contributed by atoms with Crippen molar-refractivity contribution < 1.29 is 14.3 Å². The van der Waals surface area contributed by atoms with Crippen LogP contribution in [-0.4, -0.2) is 24.1 Å². The van der Waals surface area contributed by atoms with Crippen molar-refractivity contribution in [2.24, 2.45) is 5.10 Å². The summed E-state index contributed by atoms with van der Waals surface area (Å²) in [5, 5.41) is 7.47. The first-order valence-electron chi connectivity index (χ1n) is 8.80. The summed E-state index contributed by atoms with van der Waals surface area (Å²) >= 11 is 15.5. The number of amides is 2. The van der Waals surface area contributed by atoms with Gasteiger partial charge in [0.05, 0.1) is 6.21 Å². The highest BCUT2D eigenvalue weighted by molar-refractivity contribution is 9.10. The SMILES string of the molecule is CC[C@H](C)NC(=O)C(=O)N/N=C\c1cc(Br)ccc1OCc1ccc(Cl)cc1Cl. The highest BCUT2D eigenvalue weighted by atomic mass is 79.9. The lowest BCUT2D eigenvalue weighted by molar-refractivity contribution is -0.139. The summed E-state index contributed by atoms with van der Waals surface area (Å²) in [4.78, 5) is 23.5. The van der Waals surface area contributed by atoms with Gasteiger partial charge in [-0.25, -0.2) is 5.43 Å². The van der Waals surface area contributed by atoms with E-state index in [4.69, 9.17) is 27.9 Å². The van der Waals surface area contributed by atoms with E-state index in [1.807, 2.05) is 19.9 Å². The number of hydrogen-bond acceptors (Lipinski definition) is 4. The lowest BCUT2D eigenvalue weighted by Crippen LogP contribution is -2.41. The van der Waals surface area contributed by atoms with Crippen molar-refractivity contribution in [2.75, 3.05) is 0 Å². The molecule has 154 valence electrons. The third-order valence-corrected chi connectivity index (χ3v) is 5.02. The second kappa shape index (κ2) is 11.2. The molecule has 0 aliphatic heterocycles. The summed E-state index contributed by atoms with van der Waals surface area (Å²) in [5.74, 6) is -1.05. The molecule has 0 aromatic heterocycles. The van der Waals surface area contributed by atoms with Gasteiger partial charge in [-0.3, -0.25) is 9.59 Å². The first-order chi connectivity index (χ1) is 13.8. The Kier molecular flexibility index (Phi) is 8.95. The van der Waals surface area contributed by atoms with Gasteiger partial charge in [0.1, 0.15) is 12.4 Å². The van der Waals surface area contributed by atoms with E-state index in [1.54, 1.807) is 30.3 Å². The average Bonchev–Trinajstić information content (AvgIpc) is 2.68. The summed E-state index contributed by atoms with van der Waals surface area (Å²) in [7, 11) is 0. The molecule has 0 saturated carbocycles. The molecular weight excluding hydrogens is 481 g/mol. The molecule has 2 aromatic rings. The van der Waals surface area contributed by atoms with Crippen LogP contribution in [0.25, 0.3) is 0 Å². The van der Waals surface area contributed by atoms with Gasteiger partial charge in [0.2, 0.25) is 0 Å². The molecule has 0 radical (unpaired) electrons. The maximum absolute atomic E-state index is 11.8. The van der Waals surface area contributed by atoms with Crippen LogP contribution >= 0.6 is 39.1 Å². The molecule has 29 heavy (non-hydrogen) atoms. The van der Waals surface area contributed by atoms with Crippen LogP contribution in [0.5, 0.6) is 5.75 Å². The Morgan fingerprint density at radius 1 is 1.21 bits per heavy atom. The van der Waals surface area contributed by atoms with Crippen molar-refractivity contribution in [3.8, 4) is 5.75 Å². The molecule has 9 heteroatoms. The largest absolute Gasteiger partial charge is 0.488 e. The number of hydrogen-bond donors (Lipinski definition) is 2. The summed E-state index contributed by atoms with van der Waals surface area (Å²) in [6.45, 7) is 3.95. The molecule has 0 bridgehead atoms. The quantitative estimate of drug-likeness (QED) is 0.328. The van der Waals surface area contributed by atoms with Crippen molar-refractivity contribution >= 4 is 57.2 Å². The van der Waals surface area contributed by atoms with Gasteiger partial charge in [-0.1, -0.05) is 52.1 Å². The Labute approximate surface area is 187 Å². The number of ether oxygens (including phenoxy) is 1. The average molecular weight is 501 g/mol. The van der Waals surface area contributed by atoms with Gasteiger partial charge in [-0.05, 0) is 43.7 Å². The van der Waals surface area contributed by atoms with Gasteiger partial charge in [0.25, 0.3) is 0 Å². The van der Waals surface area contributed by atoms with E-state index in [-0.39, 0.29) is 12.6 Å². The summed E-state index contributed by atoms with van der Waals surface area (Å²) in [6.07, 6.45) is 2.12. The second-order valence-electron chi connectivity index (χ2n) is 6.19. The van der Waals surface area contributed by atoms with E-state index in [2.05, 4.69) is 31.8 Å². The minimum Gasteiger partial charge on any atom is -0.488 e. The molecule has 0 aliphatic carbocycles. The van der Waals surface area contributed by atoms with Gasteiger partial charge in [0, 0.05) is 31.7 Å². The maximum Gasteiger partial charge on any atom is 0.329 e. The fraction of sp³-hybridized carbons (Fsp3) is 0.250. The predicted molar refractivity (Wildman–Crippen MR) is 119 cm³/mol. The fourth-order valence-electron chi connectivity index (χ4n) is 2.15. The number of benzene rings is 2. The first-order valence-corrected chi connectivity index (χ1v) is 10.3. The molecule has 6 nitrogen and oxygen atoms in total. The van der Waals surface area contributed by atoms with E-state index >= 15 is 0 Å². The van der Waals surface area contributed by atoms with Crippen LogP contribution < -0.4 is 15.5 Å². The zero-order valence-electron chi connectivity index (χ0n) is 15.8. The molecule has 0 heterocycles. The van der Waals surface area contributed by atoms with Crippen molar-refractivity contribution in [1.29, 1.82) is 0 Å². The lowest BCUT2D eigenvalue weighted by Gasteiger charge is -2.11. The number of hydrazone groups is 1. The van der Waals surface area contributed by atoms with Gasteiger partial charge in [-0.2, -0.15) is 5.10 Å². The topological polar surface area (TPSA) is 79.8 Å². The highest BCUT2D eigenvalue weighted by Crippen LogP contribution is 2.25. The number of nitrogens with zero attached hydrogens (tertiary/aromatic N) is 1. The lowest BCUT2D eigenvalue weighted by atomic mass is 10.2. The number of rotatable bonds is 7. The molecule has 0 saturated heterocycles. The molecule has 2 rings (SSSR count). The summed E-state index contributed by atoms with van der Waals surface area (Å²) in [6, 6.07) is 10.4. The highest BCUT2D eigenvalue weighted by Gasteiger charge is 2.14. The minimum atomic E-state index is -0.841. The zero-order valence-corrected chi connectivity index (χ0v) is 18.9. The van der Waals surface area contributed by atoms with Crippen LogP contribution in [0.1, 0.15) is 31.4 Å². The van der Waals surface area contributed by atoms with E-state index < -0.39 is 11.8 Å². The van der Waals surface area contributed by atoms with Gasteiger partial charge in [-0.15, -0.1) is 0 Å². The monoisotopic (exact) mass is 499 g/mol. The van der Waals surface area contributed by atoms with E-state index in [1.165, 1.54) is 6.21 Å². The van der Waals surface area contributed by atoms with Crippen molar-refractivity contribution in [3.63, 3.8) is 0 Å². The normalized spacial score (nSPS) is 11.9. The first kappa shape index (κ1) is 23.2. The Balaban J connectivity index is 2.05. The van der Waals surface area contributed by atoms with Crippen LogP contribution in [0.15, 0.2) is 46.0 Å². The molecule has 2 aromatic carbocycles. The number of nitrogens with one attached hydrogen (secondary N) is 2. The Morgan fingerprint density at radius 3 is 2.66 bits per heavy atom. The van der Waals surface area contributed by atoms with E-state index in [0.717, 1.165) is 16.5 Å². The zero-order chi connectivity index (χ0) is 21.4. The second-order valence-corrected chi connectivity index (χ2v) is 7.95. The third kappa shape index (κ3) is 7.34. The maximum atomic E-state index is 11.8. The van der Waals surface area contributed by atoms with Crippen LogP contribution in [0.2, 0.25) is 10.0 Å². The molecule has 2 amide bonds. The van der Waals surface area contributed by atoms with Gasteiger partial charge < -0.3 is 10.1 Å².